The van der Waals surface area contributed by atoms with Crippen LogP contribution in [-0.4, -0.2) is 60.2 Å². The third kappa shape index (κ3) is 3.38. The van der Waals surface area contributed by atoms with E-state index in [-0.39, 0.29) is 11.8 Å². The van der Waals surface area contributed by atoms with Crippen molar-refractivity contribution in [3.8, 4) is 0 Å². The number of aryl methyl sites for hydroxylation is 2. The minimum absolute atomic E-state index is 0.0477. The van der Waals surface area contributed by atoms with Gasteiger partial charge in [0.15, 0.2) is 5.65 Å². The molecule has 1 amide bonds. The number of aromatic nitrogens is 2. The summed E-state index contributed by atoms with van der Waals surface area (Å²) in [5, 5.41) is 1.09. The fourth-order valence-corrected chi connectivity index (χ4v) is 4.03. The highest BCUT2D eigenvalue weighted by Gasteiger charge is 2.30. The lowest BCUT2D eigenvalue weighted by molar-refractivity contribution is -0.139. The van der Waals surface area contributed by atoms with Crippen LogP contribution in [0.3, 0.4) is 0 Å². The zero-order valence-corrected chi connectivity index (χ0v) is 15.6. The molecule has 4 heterocycles. The number of hydrogen-bond acceptors (Lipinski definition) is 5. The number of anilines is 1. The standard InChI is InChI=1S/C20H26N4O2/c1-14-12-15(2)21-19-17(14)5-6-18(22-19)24-7-3-4-16(13-24)20(25)23-8-10-26-11-9-23/h5-6,12,16H,3-4,7-11,13H2,1-2H3. The monoisotopic (exact) mass is 354 g/mol. The van der Waals surface area contributed by atoms with Crippen LogP contribution in [0.25, 0.3) is 11.0 Å². The van der Waals surface area contributed by atoms with E-state index in [9.17, 15) is 4.79 Å². The van der Waals surface area contributed by atoms with Gasteiger partial charge in [-0.2, -0.15) is 0 Å². The zero-order valence-electron chi connectivity index (χ0n) is 15.6. The first kappa shape index (κ1) is 17.2. The van der Waals surface area contributed by atoms with E-state index in [1.807, 2.05) is 11.8 Å². The van der Waals surface area contributed by atoms with Gasteiger partial charge in [-0.3, -0.25) is 4.79 Å². The molecule has 0 aliphatic carbocycles. The number of nitrogens with zero attached hydrogens (tertiary/aromatic N) is 4. The van der Waals surface area contributed by atoms with Gasteiger partial charge in [0.05, 0.1) is 19.1 Å². The van der Waals surface area contributed by atoms with Crippen molar-refractivity contribution < 1.29 is 9.53 Å². The van der Waals surface area contributed by atoms with Crippen molar-refractivity contribution in [3.05, 3.63) is 29.5 Å². The fraction of sp³-hybridized carbons (Fsp3) is 0.550. The van der Waals surface area contributed by atoms with Crippen molar-refractivity contribution in [2.45, 2.75) is 26.7 Å². The topological polar surface area (TPSA) is 58.6 Å². The summed E-state index contributed by atoms with van der Waals surface area (Å²) >= 11 is 0. The Balaban J connectivity index is 1.54. The number of ether oxygens (including phenoxy) is 1. The smallest absolute Gasteiger partial charge is 0.227 e. The van der Waals surface area contributed by atoms with Gasteiger partial charge in [-0.05, 0) is 50.5 Å². The highest BCUT2D eigenvalue weighted by molar-refractivity contribution is 5.81. The molecule has 2 aliphatic heterocycles. The van der Waals surface area contributed by atoms with Crippen molar-refractivity contribution in [2.75, 3.05) is 44.3 Å². The number of carbonyl (C=O) groups is 1. The van der Waals surface area contributed by atoms with E-state index in [1.54, 1.807) is 0 Å². The summed E-state index contributed by atoms with van der Waals surface area (Å²) < 4.78 is 5.37. The lowest BCUT2D eigenvalue weighted by atomic mass is 9.96. The Labute approximate surface area is 154 Å². The van der Waals surface area contributed by atoms with Crippen LogP contribution in [0.2, 0.25) is 0 Å². The van der Waals surface area contributed by atoms with Gasteiger partial charge >= 0.3 is 0 Å². The number of carbonyl (C=O) groups excluding carboxylic acids is 1. The molecule has 4 rings (SSSR count). The fourth-order valence-electron chi connectivity index (χ4n) is 4.03. The Morgan fingerprint density at radius 2 is 1.96 bits per heavy atom. The highest BCUT2D eigenvalue weighted by atomic mass is 16.5. The summed E-state index contributed by atoms with van der Waals surface area (Å²) in [5.74, 6) is 1.24. The molecule has 2 aromatic rings. The minimum atomic E-state index is 0.0477. The number of morpholine rings is 1. The van der Waals surface area contributed by atoms with Gasteiger partial charge in [0.25, 0.3) is 0 Å². The van der Waals surface area contributed by atoms with E-state index in [1.165, 1.54) is 5.56 Å². The quantitative estimate of drug-likeness (QED) is 0.828. The molecular formula is C20H26N4O2. The first-order valence-corrected chi connectivity index (χ1v) is 9.48. The molecule has 26 heavy (non-hydrogen) atoms. The van der Waals surface area contributed by atoms with Crippen LogP contribution < -0.4 is 4.90 Å². The van der Waals surface area contributed by atoms with Crippen molar-refractivity contribution in [1.82, 2.24) is 14.9 Å². The number of rotatable bonds is 2. The predicted molar refractivity (Wildman–Crippen MR) is 101 cm³/mol. The Morgan fingerprint density at radius 3 is 2.77 bits per heavy atom. The maximum atomic E-state index is 12.8. The van der Waals surface area contributed by atoms with E-state index < -0.39 is 0 Å². The highest BCUT2D eigenvalue weighted by Crippen LogP contribution is 2.26. The van der Waals surface area contributed by atoms with Crippen molar-refractivity contribution in [1.29, 1.82) is 0 Å². The molecule has 2 aromatic heterocycles. The third-order valence-corrected chi connectivity index (χ3v) is 5.41. The summed E-state index contributed by atoms with van der Waals surface area (Å²) in [6, 6.07) is 6.25. The summed E-state index contributed by atoms with van der Waals surface area (Å²) in [7, 11) is 0. The van der Waals surface area contributed by atoms with Gasteiger partial charge in [0.1, 0.15) is 5.82 Å². The predicted octanol–water partition coefficient (Wildman–Crippen LogP) is 2.32. The maximum absolute atomic E-state index is 12.8. The van der Waals surface area contributed by atoms with Crippen LogP contribution in [0, 0.1) is 19.8 Å². The van der Waals surface area contributed by atoms with Crippen LogP contribution in [0.15, 0.2) is 18.2 Å². The van der Waals surface area contributed by atoms with Gasteiger partial charge in [-0.1, -0.05) is 0 Å². The van der Waals surface area contributed by atoms with Gasteiger partial charge in [0.2, 0.25) is 5.91 Å². The summed E-state index contributed by atoms with van der Waals surface area (Å²) in [6.45, 7) is 8.50. The number of hydrogen-bond donors (Lipinski definition) is 0. The Kier molecular flexibility index (Phi) is 4.76. The van der Waals surface area contributed by atoms with Gasteiger partial charge in [-0.25, -0.2) is 9.97 Å². The zero-order chi connectivity index (χ0) is 18.1. The van der Waals surface area contributed by atoms with Crippen molar-refractivity contribution in [3.63, 3.8) is 0 Å². The minimum Gasteiger partial charge on any atom is -0.378 e. The second-order valence-corrected chi connectivity index (χ2v) is 7.34. The molecule has 1 unspecified atom stereocenters. The second kappa shape index (κ2) is 7.19. The van der Waals surface area contributed by atoms with Crippen molar-refractivity contribution >= 4 is 22.8 Å². The molecule has 0 bridgehead atoms. The Morgan fingerprint density at radius 1 is 1.15 bits per heavy atom. The normalized spacial score (nSPS) is 21.2. The van der Waals surface area contributed by atoms with Gasteiger partial charge in [0, 0.05) is 37.3 Å². The van der Waals surface area contributed by atoms with E-state index in [4.69, 9.17) is 9.72 Å². The molecule has 0 radical (unpaired) electrons. The van der Waals surface area contributed by atoms with Crippen LogP contribution in [0.4, 0.5) is 5.82 Å². The van der Waals surface area contributed by atoms with E-state index in [2.05, 4.69) is 35.0 Å². The molecule has 2 aliphatic rings. The first-order valence-electron chi connectivity index (χ1n) is 9.48. The van der Waals surface area contributed by atoms with E-state index >= 15 is 0 Å². The maximum Gasteiger partial charge on any atom is 0.227 e. The molecule has 1 atom stereocenters. The number of piperidine rings is 1. The molecule has 6 heteroatoms. The molecule has 2 saturated heterocycles. The molecule has 138 valence electrons. The van der Waals surface area contributed by atoms with Crippen LogP contribution >= 0.6 is 0 Å². The van der Waals surface area contributed by atoms with E-state index in [0.29, 0.717) is 26.3 Å². The SMILES string of the molecule is Cc1cc(C)c2ccc(N3CCCC(C(=O)N4CCOCC4)C3)nc2n1. The molecule has 0 aromatic carbocycles. The third-order valence-electron chi connectivity index (χ3n) is 5.41. The second-order valence-electron chi connectivity index (χ2n) is 7.34. The lowest BCUT2D eigenvalue weighted by Crippen LogP contribution is -2.48. The lowest BCUT2D eigenvalue weighted by Gasteiger charge is -2.36. The number of pyridine rings is 2. The Bertz CT molecular complexity index is 817. The summed E-state index contributed by atoms with van der Waals surface area (Å²) in [4.78, 5) is 26.4. The molecule has 0 N–H and O–H groups in total. The van der Waals surface area contributed by atoms with Gasteiger partial charge in [-0.15, -0.1) is 0 Å². The summed E-state index contributed by atoms with van der Waals surface area (Å²) in [5.41, 5.74) is 2.98. The Hall–Kier alpha value is -2.21. The number of amides is 1. The molecule has 0 saturated carbocycles. The van der Waals surface area contributed by atoms with E-state index in [0.717, 1.165) is 48.5 Å². The average Bonchev–Trinajstić information content (AvgIpc) is 2.67. The van der Waals surface area contributed by atoms with Crippen LogP contribution in [-0.2, 0) is 9.53 Å². The van der Waals surface area contributed by atoms with Crippen LogP contribution in [0.1, 0.15) is 24.1 Å². The molecular weight excluding hydrogens is 328 g/mol. The number of fused-ring (bicyclic) bond motifs is 1. The summed E-state index contributed by atoms with van der Waals surface area (Å²) in [6.07, 6.45) is 1.97. The molecule has 6 nitrogen and oxygen atoms in total. The van der Waals surface area contributed by atoms with Gasteiger partial charge < -0.3 is 14.5 Å². The largest absolute Gasteiger partial charge is 0.378 e. The van der Waals surface area contributed by atoms with Crippen LogP contribution in [0.5, 0.6) is 0 Å². The average molecular weight is 354 g/mol. The molecule has 0 spiro atoms. The first-order chi connectivity index (χ1) is 12.6. The van der Waals surface area contributed by atoms with Crippen molar-refractivity contribution in [2.24, 2.45) is 5.92 Å². The molecule has 2 fully saturated rings.